The number of thiazole rings is 1. The van der Waals surface area contributed by atoms with Gasteiger partial charge in [-0.15, -0.1) is 11.3 Å². The van der Waals surface area contributed by atoms with Gasteiger partial charge in [0.2, 0.25) is 18.6 Å². The predicted octanol–water partition coefficient (Wildman–Crippen LogP) is 2.96. The number of hydrogen-bond donors (Lipinski definition) is 3. The van der Waals surface area contributed by atoms with Crippen LogP contribution in [0, 0.1) is 0 Å². The van der Waals surface area contributed by atoms with Crippen molar-refractivity contribution in [2.75, 3.05) is 18.7 Å². The quantitative estimate of drug-likeness (QED) is 0.357. The van der Waals surface area contributed by atoms with E-state index in [1.54, 1.807) is 41.9 Å². The number of anilines is 1. The minimum atomic E-state index is -0.882. The van der Waals surface area contributed by atoms with Gasteiger partial charge in [0.05, 0.1) is 18.2 Å². The third kappa shape index (κ3) is 4.66. The van der Waals surface area contributed by atoms with Crippen molar-refractivity contribution >= 4 is 39.3 Å². The van der Waals surface area contributed by atoms with Crippen molar-refractivity contribution in [2.24, 2.45) is 0 Å². The van der Waals surface area contributed by atoms with Gasteiger partial charge in [-0.05, 0) is 18.2 Å². The second-order valence-electron chi connectivity index (χ2n) is 7.70. The molecule has 0 fully saturated rings. The molecule has 11 heteroatoms. The van der Waals surface area contributed by atoms with E-state index in [-0.39, 0.29) is 36.5 Å². The molecule has 0 unspecified atom stereocenters. The Morgan fingerprint density at radius 1 is 1.11 bits per heavy atom. The molecule has 0 aliphatic carbocycles. The monoisotopic (exact) mass is 493 g/mol. The van der Waals surface area contributed by atoms with Gasteiger partial charge in [-0.25, -0.2) is 4.98 Å². The third-order valence-electron chi connectivity index (χ3n) is 5.49. The lowest BCUT2D eigenvalue weighted by molar-refractivity contribution is -0.124. The zero-order valence-corrected chi connectivity index (χ0v) is 19.0. The summed E-state index contributed by atoms with van der Waals surface area (Å²) in [6.45, 7) is -0.291. The molecule has 0 radical (unpaired) electrons. The Bertz CT molecular complexity index is 1470. The van der Waals surface area contributed by atoms with Crippen LogP contribution in [0.25, 0.3) is 11.0 Å². The fraction of sp³-hybridized carbons (Fsp3) is 0.167. The van der Waals surface area contributed by atoms with Crippen molar-refractivity contribution in [1.82, 2.24) is 10.3 Å². The molecular formula is C24H19N3O7S. The molecule has 2 amide bonds. The second-order valence-corrected chi connectivity index (χ2v) is 8.59. The number of aromatic nitrogens is 1. The van der Waals surface area contributed by atoms with Crippen LogP contribution in [0.4, 0.5) is 5.13 Å². The zero-order valence-electron chi connectivity index (χ0n) is 18.1. The maximum Gasteiger partial charge on any atom is 0.245 e. The molecule has 4 aromatic rings. The standard InChI is InChI=1S/C24H19N3O7S/c28-17-9-20-19(33-12-34-20)7-15(17)14(16-11-32-18-4-2-1-3-13(18)23(16)31)8-21(29)26-10-22(30)27-24-25-5-6-35-24/h1-7,9,11,14,28H,8,10,12H2,(H,26,29)(H,25,27,30)/t14-/m1/s1. The minimum Gasteiger partial charge on any atom is -0.508 e. The number of nitrogens with zero attached hydrogens (tertiary/aromatic N) is 1. The van der Waals surface area contributed by atoms with Crippen LogP contribution >= 0.6 is 11.3 Å². The average Bonchev–Trinajstić information content (AvgIpc) is 3.53. The summed E-state index contributed by atoms with van der Waals surface area (Å²) in [6.07, 6.45) is 2.61. The van der Waals surface area contributed by atoms with E-state index < -0.39 is 17.7 Å². The van der Waals surface area contributed by atoms with E-state index in [2.05, 4.69) is 15.6 Å². The molecule has 5 rings (SSSR count). The van der Waals surface area contributed by atoms with E-state index in [9.17, 15) is 19.5 Å². The number of carbonyl (C=O) groups excluding carboxylic acids is 2. The lowest BCUT2D eigenvalue weighted by atomic mass is 9.87. The summed E-state index contributed by atoms with van der Waals surface area (Å²) in [7, 11) is 0. The topological polar surface area (TPSA) is 140 Å². The largest absolute Gasteiger partial charge is 0.508 e. The molecule has 3 N–H and O–H groups in total. The number of phenols is 1. The molecule has 0 spiro atoms. The third-order valence-corrected chi connectivity index (χ3v) is 6.18. The highest BCUT2D eigenvalue weighted by molar-refractivity contribution is 7.13. The molecular weight excluding hydrogens is 474 g/mol. The van der Waals surface area contributed by atoms with E-state index in [4.69, 9.17) is 13.9 Å². The van der Waals surface area contributed by atoms with E-state index in [1.165, 1.54) is 23.7 Å². The van der Waals surface area contributed by atoms with Crippen LogP contribution in [0.15, 0.2) is 63.4 Å². The summed E-state index contributed by atoms with van der Waals surface area (Å²) in [6, 6.07) is 9.68. The number of carbonyl (C=O) groups is 2. The zero-order chi connectivity index (χ0) is 24.4. The molecule has 0 saturated heterocycles. The maximum atomic E-state index is 13.3. The molecule has 2 aromatic carbocycles. The molecule has 3 heterocycles. The molecule has 178 valence electrons. The van der Waals surface area contributed by atoms with Crippen LogP contribution in [-0.2, 0) is 9.59 Å². The van der Waals surface area contributed by atoms with Crippen LogP contribution in [-0.4, -0.2) is 35.2 Å². The predicted molar refractivity (Wildman–Crippen MR) is 127 cm³/mol. The molecule has 2 aromatic heterocycles. The van der Waals surface area contributed by atoms with Gasteiger partial charge in [0, 0.05) is 41.1 Å². The van der Waals surface area contributed by atoms with Crippen molar-refractivity contribution in [3.63, 3.8) is 0 Å². The van der Waals surface area contributed by atoms with Crippen LogP contribution in [0.5, 0.6) is 17.2 Å². The number of phenolic OH excluding ortho intramolecular Hbond substituents is 1. The van der Waals surface area contributed by atoms with Crippen molar-refractivity contribution in [2.45, 2.75) is 12.3 Å². The van der Waals surface area contributed by atoms with Gasteiger partial charge in [-0.2, -0.15) is 0 Å². The molecule has 1 aliphatic rings. The van der Waals surface area contributed by atoms with E-state index in [0.29, 0.717) is 33.2 Å². The lowest BCUT2D eigenvalue weighted by Crippen LogP contribution is -2.34. The fourth-order valence-electron chi connectivity index (χ4n) is 3.83. The number of aromatic hydroxyl groups is 1. The summed E-state index contributed by atoms with van der Waals surface area (Å²) in [5.41, 5.74) is 0.543. The van der Waals surface area contributed by atoms with Crippen molar-refractivity contribution in [3.8, 4) is 17.2 Å². The van der Waals surface area contributed by atoms with E-state index in [1.807, 2.05) is 0 Å². The number of ether oxygens (including phenoxy) is 2. The smallest absolute Gasteiger partial charge is 0.245 e. The van der Waals surface area contributed by atoms with E-state index >= 15 is 0 Å². The Labute approximate surface area is 202 Å². The first-order chi connectivity index (χ1) is 17.0. The highest BCUT2D eigenvalue weighted by atomic mass is 32.1. The number of para-hydroxylation sites is 1. The van der Waals surface area contributed by atoms with Gasteiger partial charge < -0.3 is 29.6 Å². The summed E-state index contributed by atoms with van der Waals surface area (Å²) < 4.78 is 16.4. The number of amides is 2. The Morgan fingerprint density at radius 3 is 2.71 bits per heavy atom. The Morgan fingerprint density at radius 2 is 1.91 bits per heavy atom. The Kier molecular flexibility index (Phi) is 6.06. The highest BCUT2D eigenvalue weighted by Crippen LogP contribution is 2.42. The highest BCUT2D eigenvalue weighted by Gasteiger charge is 2.28. The van der Waals surface area contributed by atoms with Gasteiger partial charge in [0.1, 0.15) is 11.3 Å². The second kappa shape index (κ2) is 9.47. The SMILES string of the molecule is O=C(C[C@H](c1cc2c(cc1O)OCO2)c1coc2ccccc2c1=O)NCC(=O)Nc1nccs1. The molecule has 1 atom stereocenters. The van der Waals surface area contributed by atoms with Gasteiger partial charge in [0.15, 0.2) is 22.1 Å². The number of hydrogen-bond acceptors (Lipinski definition) is 9. The number of benzene rings is 2. The van der Waals surface area contributed by atoms with Crippen LogP contribution in [0.1, 0.15) is 23.5 Å². The fourth-order valence-corrected chi connectivity index (χ4v) is 4.38. The average molecular weight is 493 g/mol. The first-order valence-corrected chi connectivity index (χ1v) is 11.5. The lowest BCUT2D eigenvalue weighted by Gasteiger charge is -2.19. The van der Waals surface area contributed by atoms with Crippen LogP contribution < -0.4 is 25.5 Å². The van der Waals surface area contributed by atoms with Crippen LogP contribution in [0.2, 0.25) is 0 Å². The van der Waals surface area contributed by atoms with Gasteiger partial charge in [-0.1, -0.05) is 12.1 Å². The van der Waals surface area contributed by atoms with Crippen molar-refractivity contribution in [3.05, 3.63) is 75.6 Å². The summed E-state index contributed by atoms with van der Waals surface area (Å²) in [5, 5.41) is 18.3. The van der Waals surface area contributed by atoms with Gasteiger partial charge in [0.25, 0.3) is 0 Å². The molecule has 1 aliphatic heterocycles. The first kappa shape index (κ1) is 22.4. The minimum absolute atomic E-state index is 0.00426. The first-order valence-electron chi connectivity index (χ1n) is 10.6. The molecule has 35 heavy (non-hydrogen) atoms. The Balaban J connectivity index is 1.44. The number of rotatable bonds is 7. The molecule has 0 saturated carbocycles. The van der Waals surface area contributed by atoms with Gasteiger partial charge in [-0.3, -0.25) is 14.4 Å². The summed E-state index contributed by atoms with van der Waals surface area (Å²) in [5.74, 6) is -1.25. The Hall–Kier alpha value is -4.38. The van der Waals surface area contributed by atoms with Gasteiger partial charge >= 0.3 is 0 Å². The number of fused-ring (bicyclic) bond motifs is 2. The van der Waals surface area contributed by atoms with E-state index in [0.717, 1.165) is 0 Å². The molecule has 0 bridgehead atoms. The maximum absolute atomic E-state index is 13.3. The molecule has 10 nitrogen and oxygen atoms in total. The van der Waals surface area contributed by atoms with Crippen LogP contribution in [0.3, 0.4) is 0 Å². The van der Waals surface area contributed by atoms with Crippen molar-refractivity contribution < 1.29 is 28.6 Å². The normalized spacial score (nSPS) is 12.9. The summed E-state index contributed by atoms with van der Waals surface area (Å²) in [4.78, 5) is 42.3. The van der Waals surface area contributed by atoms with Crippen molar-refractivity contribution in [1.29, 1.82) is 0 Å². The summed E-state index contributed by atoms with van der Waals surface area (Å²) >= 11 is 1.25. The number of nitrogens with one attached hydrogen (secondary N) is 2.